The molecule has 0 amide bonds. The summed E-state index contributed by atoms with van der Waals surface area (Å²) in [7, 11) is 0. The van der Waals surface area contributed by atoms with Crippen LogP contribution in [0.25, 0.3) is 66.1 Å². The van der Waals surface area contributed by atoms with E-state index in [1.54, 1.807) is 0 Å². The van der Waals surface area contributed by atoms with Crippen molar-refractivity contribution in [3.63, 3.8) is 0 Å². The van der Waals surface area contributed by atoms with Crippen LogP contribution in [-0.2, 0) is 5.41 Å². The molecule has 10 rings (SSSR count). The van der Waals surface area contributed by atoms with E-state index in [1.807, 2.05) is 0 Å². The molecule has 9 aromatic rings. The van der Waals surface area contributed by atoms with Gasteiger partial charge >= 0.3 is 0 Å². The first-order chi connectivity index (χ1) is 25.1. The zero-order chi connectivity index (χ0) is 34.1. The fourth-order valence-corrected chi connectivity index (χ4v) is 8.35. The summed E-state index contributed by atoms with van der Waals surface area (Å²) in [6.07, 6.45) is 0. The van der Waals surface area contributed by atoms with Gasteiger partial charge in [-0.25, -0.2) is 0 Å². The van der Waals surface area contributed by atoms with Crippen LogP contribution in [0.3, 0.4) is 0 Å². The molecule has 2 nitrogen and oxygen atoms in total. The van der Waals surface area contributed by atoms with E-state index < -0.39 is 0 Å². The molecule has 0 radical (unpaired) electrons. The second kappa shape index (κ2) is 11.3. The standard InChI is InChI=1S/C49H35NO/c1-49(2)43-29-33(32-15-6-3-7-16-32)25-27-38(43)39-28-26-34(30-44(39)49)41-31-42-47-45(50(35-17-8-4-9-18-35)36-19-10-5-11-20-36)23-14-24-46(47)51-48(42)40-22-13-12-21-37(40)41/h3-31H,1-2H3. The first-order valence-electron chi connectivity index (χ1n) is 17.7. The third-order valence-electron chi connectivity index (χ3n) is 10.8. The minimum absolute atomic E-state index is 0.146. The van der Waals surface area contributed by atoms with E-state index in [0.717, 1.165) is 44.4 Å². The fourth-order valence-electron chi connectivity index (χ4n) is 8.35. The Hall–Kier alpha value is -6.38. The molecular weight excluding hydrogens is 619 g/mol. The highest BCUT2D eigenvalue weighted by atomic mass is 16.3. The number of anilines is 3. The van der Waals surface area contributed by atoms with Crippen LogP contribution in [0.1, 0.15) is 25.0 Å². The Kier molecular flexibility index (Phi) is 6.56. The molecule has 8 aromatic carbocycles. The average Bonchev–Trinajstić information content (AvgIpc) is 3.68. The van der Waals surface area contributed by atoms with Gasteiger partial charge in [0.25, 0.3) is 0 Å². The summed E-state index contributed by atoms with van der Waals surface area (Å²) in [4.78, 5) is 2.34. The summed E-state index contributed by atoms with van der Waals surface area (Å²) in [6, 6.07) is 63.4. The van der Waals surface area contributed by atoms with Gasteiger partial charge in [0.2, 0.25) is 0 Å². The lowest BCUT2D eigenvalue weighted by molar-refractivity contribution is 0.661. The van der Waals surface area contributed by atoms with E-state index in [1.165, 1.54) is 49.9 Å². The van der Waals surface area contributed by atoms with Crippen molar-refractivity contribution in [3.8, 4) is 33.4 Å². The Labute approximate surface area is 297 Å². The van der Waals surface area contributed by atoms with Crippen molar-refractivity contribution in [2.75, 3.05) is 4.90 Å². The minimum Gasteiger partial charge on any atom is -0.455 e. The third kappa shape index (κ3) is 4.57. The number of furan rings is 1. The lowest BCUT2D eigenvalue weighted by atomic mass is 9.80. The topological polar surface area (TPSA) is 16.4 Å². The normalized spacial score (nSPS) is 13.1. The van der Waals surface area contributed by atoms with Crippen molar-refractivity contribution in [1.82, 2.24) is 0 Å². The summed E-state index contributed by atoms with van der Waals surface area (Å²) in [6.45, 7) is 4.74. The molecule has 0 bridgehead atoms. The molecule has 242 valence electrons. The molecule has 0 atom stereocenters. The van der Waals surface area contributed by atoms with Crippen LogP contribution in [0, 0.1) is 0 Å². The van der Waals surface area contributed by atoms with Gasteiger partial charge in [-0.05, 0) is 104 Å². The predicted molar refractivity (Wildman–Crippen MR) is 214 cm³/mol. The Morgan fingerprint density at radius 2 is 1.00 bits per heavy atom. The average molecular weight is 654 g/mol. The monoisotopic (exact) mass is 653 g/mol. The lowest BCUT2D eigenvalue weighted by Gasteiger charge is -2.26. The molecular formula is C49H35NO. The van der Waals surface area contributed by atoms with Crippen LogP contribution < -0.4 is 4.90 Å². The molecule has 0 saturated carbocycles. The zero-order valence-electron chi connectivity index (χ0n) is 28.6. The van der Waals surface area contributed by atoms with Gasteiger partial charge in [-0.1, -0.05) is 135 Å². The van der Waals surface area contributed by atoms with Gasteiger partial charge < -0.3 is 9.32 Å². The second-order valence-electron chi connectivity index (χ2n) is 14.1. The SMILES string of the molecule is CC1(C)c2cc(-c3ccccc3)ccc2-c2ccc(-c3cc4c(oc5cccc(N(c6ccccc6)c6ccccc6)c54)c4ccccc34)cc21. The van der Waals surface area contributed by atoms with Crippen LogP contribution >= 0.6 is 0 Å². The molecule has 0 unspecified atom stereocenters. The van der Waals surface area contributed by atoms with Gasteiger partial charge in [0.05, 0.1) is 11.1 Å². The molecule has 0 spiro atoms. The van der Waals surface area contributed by atoms with E-state index in [4.69, 9.17) is 4.42 Å². The van der Waals surface area contributed by atoms with Crippen molar-refractivity contribution < 1.29 is 4.42 Å². The first kappa shape index (κ1) is 29.5. The number of hydrogen-bond acceptors (Lipinski definition) is 2. The highest BCUT2D eigenvalue weighted by Crippen LogP contribution is 2.52. The van der Waals surface area contributed by atoms with Crippen molar-refractivity contribution in [1.29, 1.82) is 0 Å². The van der Waals surface area contributed by atoms with Gasteiger partial charge in [0.1, 0.15) is 11.2 Å². The van der Waals surface area contributed by atoms with Crippen LogP contribution in [0.15, 0.2) is 180 Å². The molecule has 0 fully saturated rings. The summed E-state index contributed by atoms with van der Waals surface area (Å²) < 4.78 is 6.79. The van der Waals surface area contributed by atoms with Gasteiger partial charge in [0, 0.05) is 27.6 Å². The van der Waals surface area contributed by atoms with Crippen molar-refractivity contribution in [2.24, 2.45) is 0 Å². The van der Waals surface area contributed by atoms with Crippen LogP contribution in [0.4, 0.5) is 17.1 Å². The molecule has 0 N–H and O–H groups in total. The van der Waals surface area contributed by atoms with Gasteiger partial charge in [-0.2, -0.15) is 0 Å². The lowest BCUT2D eigenvalue weighted by Crippen LogP contribution is -2.15. The minimum atomic E-state index is -0.146. The quantitative estimate of drug-likeness (QED) is 0.184. The summed E-state index contributed by atoms with van der Waals surface area (Å²) in [5.74, 6) is 0. The summed E-state index contributed by atoms with van der Waals surface area (Å²) >= 11 is 0. The van der Waals surface area contributed by atoms with Crippen molar-refractivity contribution >= 4 is 49.8 Å². The maximum absolute atomic E-state index is 6.79. The Morgan fingerprint density at radius 1 is 0.431 bits per heavy atom. The summed E-state index contributed by atoms with van der Waals surface area (Å²) in [5, 5.41) is 4.53. The van der Waals surface area contributed by atoms with E-state index in [0.29, 0.717) is 0 Å². The van der Waals surface area contributed by atoms with Crippen molar-refractivity contribution in [3.05, 3.63) is 187 Å². The molecule has 51 heavy (non-hydrogen) atoms. The van der Waals surface area contributed by atoms with Crippen LogP contribution in [0.5, 0.6) is 0 Å². The number of hydrogen-bond donors (Lipinski definition) is 0. The van der Waals surface area contributed by atoms with E-state index in [-0.39, 0.29) is 5.41 Å². The van der Waals surface area contributed by atoms with Crippen LogP contribution in [0.2, 0.25) is 0 Å². The number of nitrogens with zero attached hydrogens (tertiary/aromatic N) is 1. The molecule has 0 aliphatic heterocycles. The smallest absolute Gasteiger partial charge is 0.143 e. The van der Waals surface area contributed by atoms with Crippen molar-refractivity contribution in [2.45, 2.75) is 19.3 Å². The van der Waals surface area contributed by atoms with E-state index in [2.05, 4.69) is 195 Å². The molecule has 1 aliphatic carbocycles. The molecule has 1 heterocycles. The van der Waals surface area contributed by atoms with Gasteiger partial charge in [-0.15, -0.1) is 0 Å². The van der Waals surface area contributed by atoms with Gasteiger partial charge in [-0.3, -0.25) is 0 Å². The van der Waals surface area contributed by atoms with Crippen LogP contribution in [-0.4, -0.2) is 0 Å². The first-order valence-corrected chi connectivity index (χ1v) is 17.7. The van der Waals surface area contributed by atoms with E-state index >= 15 is 0 Å². The Morgan fingerprint density at radius 3 is 1.67 bits per heavy atom. The maximum Gasteiger partial charge on any atom is 0.143 e. The number of rotatable bonds is 5. The number of para-hydroxylation sites is 2. The third-order valence-corrected chi connectivity index (χ3v) is 10.8. The Bertz CT molecular complexity index is 2720. The number of benzene rings is 8. The predicted octanol–water partition coefficient (Wildman–Crippen LogP) is 13.8. The Balaban J connectivity index is 1.19. The largest absolute Gasteiger partial charge is 0.455 e. The zero-order valence-corrected chi connectivity index (χ0v) is 28.6. The maximum atomic E-state index is 6.79. The fraction of sp³-hybridized carbons (Fsp3) is 0.0612. The highest BCUT2D eigenvalue weighted by molar-refractivity contribution is 6.22. The van der Waals surface area contributed by atoms with Gasteiger partial charge in [0.15, 0.2) is 0 Å². The number of fused-ring (bicyclic) bond motifs is 8. The molecule has 1 aromatic heterocycles. The molecule has 1 aliphatic rings. The second-order valence-corrected chi connectivity index (χ2v) is 14.1. The summed E-state index contributed by atoms with van der Waals surface area (Å²) in [5.41, 5.74) is 15.3. The highest BCUT2D eigenvalue weighted by Gasteiger charge is 2.36. The van der Waals surface area contributed by atoms with E-state index in [9.17, 15) is 0 Å². The molecule has 0 saturated heterocycles. The molecule has 2 heteroatoms.